The molecule has 0 saturated carbocycles. The van der Waals surface area contributed by atoms with Crippen LogP contribution in [-0.4, -0.2) is 4.57 Å². The Morgan fingerprint density at radius 2 is 0.939 bits per heavy atom. The largest absolute Gasteiger partial charge is 0.256 e. The monoisotopic (exact) mass is 461 g/mol. The molecule has 2 nitrogen and oxygen atoms in total. The van der Waals surface area contributed by atoms with Crippen molar-refractivity contribution >= 4 is 0 Å². The number of hydrogen-bond acceptors (Lipinski definition) is 0. The summed E-state index contributed by atoms with van der Waals surface area (Å²) in [5, 5.41) is 0. The molecule has 0 bridgehead atoms. The molecule has 1 heterocycles. The Balaban J connectivity index is 2.10. The van der Waals surface area contributed by atoms with Crippen LogP contribution in [0.5, 0.6) is 0 Å². The summed E-state index contributed by atoms with van der Waals surface area (Å²) in [6, 6.07) is 0. The predicted octanol–water partition coefficient (Wildman–Crippen LogP) is 9.96. The fraction of sp³-hybridized carbons (Fsp3) is 0.903. The van der Waals surface area contributed by atoms with Gasteiger partial charge in [-0.15, -0.1) is 0 Å². The molecule has 0 spiro atoms. The van der Waals surface area contributed by atoms with Crippen molar-refractivity contribution in [2.45, 2.75) is 182 Å². The number of rotatable bonds is 25. The molecule has 0 radical (unpaired) electrons. The van der Waals surface area contributed by atoms with E-state index in [4.69, 9.17) is 0 Å². The summed E-state index contributed by atoms with van der Waals surface area (Å²) >= 11 is 0. The second kappa shape index (κ2) is 23.0. The maximum Gasteiger partial charge on any atom is 0.256 e. The molecular weight excluding hydrogens is 400 g/mol. The summed E-state index contributed by atoms with van der Waals surface area (Å²) in [6.45, 7) is 9.31. The standard InChI is InChI=1S/C31H61N2/c1-4-7-9-11-13-14-15-16-17-18-19-20-22-24-26-31-32(27-6-3)29-30-33(31)28-25-23-21-12-10-8-5-2/h29-30H,4-28H2,1-3H3/q+1. The Bertz CT molecular complexity index is 519. The van der Waals surface area contributed by atoms with E-state index in [1.165, 1.54) is 161 Å². The zero-order chi connectivity index (χ0) is 23.8. The van der Waals surface area contributed by atoms with Gasteiger partial charge < -0.3 is 0 Å². The summed E-state index contributed by atoms with van der Waals surface area (Å²) in [5.41, 5.74) is 0. The van der Waals surface area contributed by atoms with Crippen molar-refractivity contribution in [3.05, 3.63) is 18.2 Å². The topological polar surface area (TPSA) is 8.81 Å². The van der Waals surface area contributed by atoms with Crippen molar-refractivity contribution < 1.29 is 4.57 Å². The molecule has 0 amide bonds. The zero-order valence-corrected chi connectivity index (χ0v) is 23.2. The lowest BCUT2D eigenvalue weighted by Crippen LogP contribution is -2.37. The van der Waals surface area contributed by atoms with Gasteiger partial charge >= 0.3 is 0 Å². The summed E-state index contributed by atoms with van der Waals surface area (Å²) in [5.74, 6) is 1.58. The molecule has 0 aliphatic heterocycles. The van der Waals surface area contributed by atoms with E-state index in [2.05, 4.69) is 42.3 Å². The lowest BCUT2D eigenvalue weighted by Gasteiger charge is -2.06. The Hall–Kier alpha value is -0.790. The zero-order valence-electron chi connectivity index (χ0n) is 23.2. The SMILES string of the molecule is CCCCCCCCCCCCCCCCc1n(CCCCCCCCC)cc[n+]1CCC. The summed E-state index contributed by atoms with van der Waals surface area (Å²) in [7, 11) is 0. The van der Waals surface area contributed by atoms with Crippen molar-refractivity contribution in [2.24, 2.45) is 0 Å². The van der Waals surface area contributed by atoms with Crippen molar-refractivity contribution in [2.75, 3.05) is 0 Å². The molecular formula is C31H61N2+. The van der Waals surface area contributed by atoms with Crippen molar-refractivity contribution in [3.8, 4) is 0 Å². The molecule has 1 aromatic heterocycles. The van der Waals surface area contributed by atoms with Gasteiger partial charge in [0.15, 0.2) is 0 Å². The first-order valence-electron chi connectivity index (χ1n) is 15.4. The normalized spacial score (nSPS) is 11.5. The average Bonchev–Trinajstić information content (AvgIpc) is 3.20. The Kier molecular flexibility index (Phi) is 21.1. The van der Waals surface area contributed by atoms with Gasteiger partial charge in [0.25, 0.3) is 5.82 Å². The molecule has 194 valence electrons. The van der Waals surface area contributed by atoms with E-state index >= 15 is 0 Å². The predicted molar refractivity (Wildman–Crippen MR) is 147 cm³/mol. The van der Waals surface area contributed by atoms with Crippen LogP contribution in [0.4, 0.5) is 0 Å². The fourth-order valence-corrected chi connectivity index (χ4v) is 5.15. The molecule has 0 fully saturated rings. The smallest absolute Gasteiger partial charge is 0.234 e. The first-order valence-corrected chi connectivity index (χ1v) is 15.4. The first-order chi connectivity index (χ1) is 16.3. The van der Waals surface area contributed by atoms with Gasteiger partial charge in [-0.3, -0.25) is 0 Å². The second-order valence-corrected chi connectivity index (χ2v) is 10.6. The highest BCUT2D eigenvalue weighted by molar-refractivity contribution is 4.84. The van der Waals surface area contributed by atoms with Gasteiger partial charge in [0.05, 0.1) is 13.1 Å². The molecule has 0 aromatic carbocycles. The van der Waals surface area contributed by atoms with E-state index in [0.717, 1.165) is 0 Å². The molecule has 0 unspecified atom stereocenters. The van der Waals surface area contributed by atoms with Crippen LogP contribution in [0.25, 0.3) is 0 Å². The van der Waals surface area contributed by atoms with Gasteiger partial charge in [-0.1, -0.05) is 136 Å². The highest BCUT2D eigenvalue weighted by atomic mass is 15.1. The maximum absolute atomic E-state index is 2.57. The minimum Gasteiger partial charge on any atom is -0.234 e. The van der Waals surface area contributed by atoms with Crippen molar-refractivity contribution in [1.29, 1.82) is 0 Å². The minimum absolute atomic E-state index is 1.18. The van der Waals surface area contributed by atoms with E-state index in [-0.39, 0.29) is 0 Å². The highest BCUT2D eigenvalue weighted by Crippen LogP contribution is 2.14. The van der Waals surface area contributed by atoms with Gasteiger partial charge in [-0.05, 0) is 25.7 Å². The van der Waals surface area contributed by atoms with Gasteiger partial charge in [0, 0.05) is 6.42 Å². The molecule has 0 aliphatic rings. The fourth-order valence-electron chi connectivity index (χ4n) is 5.15. The van der Waals surface area contributed by atoms with E-state index < -0.39 is 0 Å². The first kappa shape index (κ1) is 30.2. The van der Waals surface area contributed by atoms with E-state index in [1.807, 2.05) is 0 Å². The van der Waals surface area contributed by atoms with Crippen LogP contribution in [0.2, 0.25) is 0 Å². The van der Waals surface area contributed by atoms with Crippen LogP contribution in [-0.2, 0) is 19.5 Å². The molecule has 0 N–H and O–H groups in total. The quantitative estimate of drug-likeness (QED) is 0.101. The molecule has 0 saturated heterocycles. The van der Waals surface area contributed by atoms with Crippen LogP contribution >= 0.6 is 0 Å². The molecule has 1 aromatic rings. The van der Waals surface area contributed by atoms with Crippen LogP contribution in [0, 0.1) is 0 Å². The summed E-state index contributed by atoms with van der Waals surface area (Å²) in [4.78, 5) is 0. The molecule has 0 atom stereocenters. The van der Waals surface area contributed by atoms with E-state index in [1.54, 1.807) is 5.82 Å². The van der Waals surface area contributed by atoms with E-state index in [9.17, 15) is 0 Å². The molecule has 0 aliphatic carbocycles. The maximum atomic E-state index is 2.57. The number of nitrogens with zero attached hydrogens (tertiary/aromatic N) is 2. The van der Waals surface area contributed by atoms with Gasteiger partial charge in [0.1, 0.15) is 12.4 Å². The van der Waals surface area contributed by atoms with E-state index in [0.29, 0.717) is 0 Å². The second-order valence-electron chi connectivity index (χ2n) is 10.6. The van der Waals surface area contributed by atoms with Gasteiger partial charge in [-0.2, -0.15) is 0 Å². The Morgan fingerprint density at radius 3 is 1.39 bits per heavy atom. The molecule has 33 heavy (non-hydrogen) atoms. The van der Waals surface area contributed by atoms with Gasteiger partial charge in [-0.25, -0.2) is 9.13 Å². The molecule has 1 rings (SSSR count). The number of unbranched alkanes of at least 4 members (excludes halogenated alkanes) is 19. The number of aromatic nitrogens is 2. The Labute approximate surface area is 208 Å². The van der Waals surface area contributed by atoms with Crippen molar-refractivity contribution in [3.63, 3.8) is 0 Å². The van der Waals surface area contributed by atoms with Crippen LogP contribution in [0.1, 0.15) is 168 Å². The van der Waals surface area contributed by atoms with Crippen LogP contribution < -0.4 is 4.57 Å². The van der Waals surface area contributed by atoms with Gasteiger partial charge in [0.2, 0.25) is 0 Å². The van der Waals surface area contributed by atoms with Crippen LogP contribution in [0.3, 0.4) is 0 Å². The minimum atomic E-state index is 1.18. The Morgan fingerprint density at radius 1 is 0.515 bits per heavy atom. The number of aryl methyl sites for hydroxylation is 2. The average molecular weight is 462 g/mol. The lowest BCUT2D eigenvalue weighted by atomic mass is 10.0. The summed E-state index contributed by atoms with van der Waals surface area (Å²) < 4.78 is 5.10. The highest BCUT2D eigenvalue weighted by Gasteiger charge is 2.15. The third kappa shape index (κ3) is 16.5. The number of hydrogen-bond donors (Lipinski definition) is 0. The third-order valence-electron chi connectivity index (χ3n) is 7.31. The summed E-state index contributed by atoms with van der Waals surface area (Å²) in [6.07, 6.45) is 37.2. The molecule has 2 heteroatoms. The number of imidazole rings is 1. The van der Waals surface area contributed by atoms with Crippen molar-refractivity contribution in [1.82, 2.24) is 4.57 Å². The third-order valence-corrected chi connectivity index (χ3v) is 7.31. The van der Waals surface area contributed by atoms with Crippen LogP contribution in [0.15, 0.2) is 12.4 Å². The lowest BCUT2D eigenvalue weighted by molar-refractivity contribution is -0.703.